The summed E-state index contributed by atoms with van der Waals surface area (Å²) in [6, 6.07) is 9.00. The van der Waals surface area contributed by atoms with Gasteiger partial charge in [0.15, 0.2) is 0 Å². The van der Waals surface area contributed by atoms with E-state index in [1.165, 1.54) is 29.3 Å². The van der Waals surface area contributed by atoms with E-state index < -0.39 is 0 Å². The Labute approximate surface area is 166 Å². The lowest BCUT2D eigenvalue weighted by Crippen LogP contribution is -2.47. The maximum atomic E-state index is 12.5. The predicted octanol–water partition coefficient (Wildman–Crippen LogP) is 3.83. The van der Waals surface area contributed by atoms with Crippen molar-refractivity contribution in [2.75, 3.05) is 27.3 Å². The lowest BCUT2D eigenvalue weighted by molar-refractivity contribution is -0.137. The Hall–Kier alpha value is -2.27. The lowest BCUT2D eigenvalue weighted by Gasteiger charge is -2.47. The van der Waals surface area contributed by atoms with Gasteiger partial charge in [0.2, 0.25) is 0 Å². The second-order valence-corrected chi connectivity index (χ2v) is 8.01. The quantitative estimate of drug-likeness (QED) is 0.458. The Bertz CT molecular complexity index is 914. The molecule has 1 aromatic carbocycles. The van der Waals surface area contributed by atoms with Gasteiger partial charge in [0.25, 0.3) is 0 Å². The zero-order valence-electron chi connectivity index (χ0n) is 17.3. The topological polar surface area (TPSA) is 43.7 Å². The van der Waals surface area contributed by atoms with Crippen molar-refractivity contribution in [3.05, 3.63) is 47.4 Å². The summed E-state index contributed by atoms with van der Waals surface area (Å²) in [5.41, 5.74) is 4.85. The highest BCUT2D eigenvalue weighted by molar-refractivity contribution is 5.89. The van der Waals surface area contributed by atoms with Crippen molar-refractivity contribution in [1.29, 1.82) is 0 Å². The zero-order valence-corrected chi connectivity index (χ0v) is 17.3. The third-order valence-corrected chi connectivity index (χ3v) is 6.77. The minimum atomic E-state index is -0.271. The van der Waals surface area contributed by atoms with Gasteiger partial charge in [-0.1, -0.05) is 31.5 Å². The van der Waals surface area contributed by atoms with Crippen LogP contribution in [0.15, 0.2) is 36.1 Å². The Kier molecular flexibility index (Phi) is 5.19. The fraction of sp³-hybridized carbons (Fsp3) is 0.522. The monoisotopic (exact) mass is 382 g/mol. The number of para-hydroxylation sites is 1. The number of benzene rings is 1. The molecule has 2 aliphatic heterocycles. The number of piperidine rings is 1. The van der Waals surface area contributed by atoms with Crippen LogP contribution in [-0.4, -0.2) is 42.7 Å². The summed E-state index contributed by atoms with van der Waals surface area (Å²) < 4.78 is 12.7. The Balaban J connectivity index is 1.77. The molecule has 0 bridgehead atoms. The average Bonchev–Trinajstić information content (AvgIpc) is 3.03. The first-order chi connectivity index (χ1) is 13.6. The van der Waals surface area contributed by atoms with Crippen LogP contribution in [0, 0.1) is 11.8 Å². The summed E-state index contributed by atoms with van der Waals surface area (Å²) in [5, 5.41) is 1.37. The molecule has 5 heteroatoms. The van der Waals surface area contributed by atoms with Crippen molar-refractivity contribution in [2.24, 2.45) is 18.9 Å². The molecule has 0 spiro atoms. The molecule has 0 amide bonds. The standard InChI is InChI=1S/C23H30N2O3/c1-5-15-13-25-11-10-17-16-8-6-7-9-20(16)24(2)22(17)21(25)12-18(15)19(14-27-3)23(26)28-4/h6-9,14-15,18,21H,5,10-13H2,1-4H3/b19-14+/t15-,18-,21+/m0/s1. The Morgan fingerprint density at radius 1 is 1.29 bits per heavy atom. The summed E-state index contributed by atoms with van der Waals surface area (Å²) in [4.78, 5) is 15.1. The fourth-order valence-electron chi connectivity index (χ4n) is 5.43. The Morgan fingerprint density at radius 3 is 2.79 bits per heavy atom. The van der Waals surface area contributed by atoms with Gasteiger partial charge in [-0.05, 0) is 36.3 Å². The highest BCUT2D eigenvalue weighted by atomic mass is 16.5. The molecule has 3 heterocycles. The van der Waals surface area contributed by atoms with Crippen molar-refractivity contribution >= 4 is 16.9 Å². The van der Waals surface area contributed by atoms with Gasteiger partial charge in [-0.3, -0.25) is 4.90 Å². The molecule has 0 aliphatic carbocycles. The highest BCUT2D eigenvalue weighted by Gasteiger charge is 2.43. The average molecular weight is 383 g/mol. The number of hydrogen-bond acceptors (Lipinski definition) is 4. The van der Waals surface area contributed by atoms with E-state index in [0.29, 0.717) is 17.5 Å². The number of ether oxygens (including phenoxy) is 2. The van der Waals surface area contributed by atoms with Gasteiger partial charge >= 0.3 is 5.97 Å². The van der Waals surface area contributed by atoms with Crippen LogP contribution in [0.25, 0.3) is 10.9 Å². The van der Waals surface area contributed by atoms with Gasteiger partial charge in [-0.15, -0.1) is 0 Å². The van der Waals surface area contributed by atoms with Crippen molar-refractivity contribution in [2.45, 2.75) is 32.2 Å². The number of hydrogen-bond donors (Lipinski definition) is 0. The summed E-state index contributed by atoms with van der Waals surface area (Å²) in [6.07, 6.45) is 4.64. The van der Waals surface area contributed by atoms with Crippen LogP contribution in [0.5, 0.6) is 0 Å². The first-order valence-electron chi connectivity index (χ1n) is 10.2. The SMILES string of the molecule is CC[C@H]1CN2CCc3c(n(C)c4ccccc34)[C@H]2C[C@@H]1/C(=C\OC)C(=O)OC. The van der Waals surface area contributed by atoms with Crippen LogP contribution in [0.1, 0.15) is 37.1 Å². The maximum absolute atomic E-state index is 12.5. The van der Waals surface area contributed by atoms with E-state index in [1.807, 2.05) is 0 Å². The third-order valence-electron chi connectivity index (χ3n) is 6.77. The number of esters is 1. The summed E-state index contributed by atoms with van der Waals surface area (Å²) >= 11 is 0. The largest absolute Gasteiger partial charge is 0.504 e. The molecule has 150 valence electrons. The van der Waals surface area contributed by atoms with Crippen LogP contribution < -0.4 is 0 Å². The molecule has 28 heavy (non-hydrogen) atoms. The van der Waals surface area contributed by atoms with Gasteiger partial charge in [0, 0.05) is 36.7 Å². The number of carbonyl (C=O) groups is 1. The van der Waals surface area contributed by atoms with E-state index in [2.05, 4.69) is 47.7 Å². The van der Waals surface area contributed by atoms with E-state index in [0.717, 1.165) is 32.4 Å². The van der Waals surface area contributed by atoms with Crippen LogP contribution in [-0.2, 0) is 27.7 Å². The summed E-state index contributed by atoms with van der Waals surface area (Å²) in [6.45, 7) is 4.30. The molecule has 1 saturated heterocycles. The van der Waals surface area contributed by atoms with E-state index >= 15 is 0 Å². The van der Waals surface area contributed by atoms with Gasteiger partial charge in [-0.25, -0.2) is 4.79 Å². The number of methoxy groups -OCH3 is 2. The van der Waals surface area contributed by atoms with Crippen molar-refractivity contribution < 1.29 is 14.3 Å². The van der Waals surface area contributed by atoms with E-state index in [4.69, 9.17) is 9.47 Å². The molecule has 0 saturated carbocycles. The minimum Gasteiger partial charge on any atom is -0.504 e. The molecule has 2 aromatic rings. The lowest BCUT2D eigenvalue weighted by atomic mass is 9.74. The molecule has 4 rings (SSSR count). The first-order valence-corrected chi connectivity index (χ1v) is 10.2. The van der Waals surface area contributed by atoms with E-state index in [1.54, 1.807) is 13.4 Å². The van der Waals surface area contributed by atoms with Gasteiger partial charge in [0.1, 0.15) is 0 Å². The van der Waals surface area contributed by atoms with Crippen LogP contribution >= 0.6 is 0 Å². The molecule has 1 aromatic heterocycles. The second kappa shape index (κ2) is 7.63. The summed E-state index contributed by atoms with van der Waals surface area (Å²) in [5.74, 6) is 0.294. The van der Waals surface area contributed by atoms with Crippen molar-refractivity contribution in [3.63, 3.8) is 0 Å². The molecule has 0 N–H and O–H groups in total. The van der Waals surface area contributed by atoms with E-state index in [9.17, 15) is 4.79 Å². The van der Waals surface area contributed by atoms with E-state index in [-0.39, 0.29) is 11.9 Å². The van der Waals surface area contributed by atoms with Crippen molar-refractivity contribution in [3.8, 4) is 0 Å². The van der Waals surface area contributed by atoms with Gasteiger partial charge < -0.3 is 14.0 Å². The molecule has 1 fully saturated rings. The highest BCUT2D eigenvalue weighted by Crippen LogP contribution is 2.46. The number of fused-ring (bicyclic) bond motifs is 5. The molecular formula is C23H30N2O3. The molecule has 2 aliphatic rings. The molecule has 5 nitrogen and oxygen atoms in total. The normalized spacial score (nSPS) is 25.3. The number of aromatic nitrogens is 1. The zero-order chi connectivity index (χ0) is 19.8. The van der Waals surface area contributed by atoms with Gasteiger partial charge in [-0.2, -0.15) is 0 Å². The third kappa shape index (κ3) is 2.93. The molecular weight excluding hydrogens is 352 g/mol. The van der Waals surface area contributed by atoms with Gasteiger partial charge in [0.05, 0.1) is 32.1 Å². The maximum Gasteiger partial charge on any atom is 0.337 e. The minimum absolute atomic E-state index is 0.141. The van der Waals surface area contributed by atoms with Crippen molar-refractivity contribution in [1.82, 2.24) is 9.47 Å². The number of carbonyl (C=O) groups excluding carboxylic acids is 1. The van der Waals surface area contributed by atoms with Crippen LogP contribution in [0.3, 0.4) is 0 Å². The summed E-state index contributed by atoms with van der Waals surface area (Å²) in [7, 11) is 5.23. The fourth-order valence-corrected chi connectivity index (χ4v) is 5.43. The smallest absolute Gasteiger partial charge is 0.337 e. The van der Waals surface area contributed by atoms with Crippen LogP contribution in [0.2, 0.25) is 0 Å². The Morgan fingerprint density at radius 2 is 2.07 bits per heavy atom. The predicted molar refractivity (Wildman–Crippen MR) is 110 cm³/mol. The second-order valence-electron chi connectivity index (χ2n) is 8.01. The van der Waals surface area contributed by atoms with Crippen LogP contribution in [0.4, 0.5) is 0 Å². The first kappa shape index (κ1) is 19.1. The molecule has 3 atom stereocenters. The molecule has 0 unspecified atom stereocenters. The number of aryl methyl sites for hydroxylation is 1. The number of rotatable bonds is 4. The molecule has 0 radical (unpaired) electrons. The number of nitrogens with zero attached hydrogens (tertiary/aromatic N) is 2.